The van der Waals surface area contributed by atoms with Crippen LogP contribution in [-0.2, 0) is 0 Å². The maximum atomic E-state index is 13.0. The van der Waals surface area contributed by atoms with Crippen molar-refractivity contribution < 1.29 is 14.3 Å². The highest BCUT2D eigenvalue weighted by Crippen LogP contribution is 2.24. The van der Waals surface area contributed by atoms with Crippen molar-refractivity contribution in [3.63, 3.8) is 0 Å². The Kier molecular flexibility index (Phi) is 5.35. The van der Waals surface area contributed by atoms with Crippen molar-refractivity contribution in [2.24, 2.45) is 5.41 Å². The molecular weight excluding hydrogens is 313 g/mol. The largest absolute Gasteiger partial charge is 0.507 e. The fraction of sp³-hybridized carbons (Fsp3) is 0.500. The number of hydrogen-bond donors (Lipinski definition) is 2. The quantitative estimate of drug-likeness (QED) is 0.830. The molecule has 0 fully saturated rings. The molecule has 0 saturated heterocycles. The van der Waals surface area contributed by atoms with Crippen LogP contribution < -0.4 is 5.32 Å². The van der Waals surface area contributed by atoms with Crippen LogP contribution in [0.3, 0.4) is 0 Å². The number of hydrogen-bond acceptors (Lipinski definition) is 2. The molecule has 0 bridgehead atoms. The first kappa shape index (κ1) is 16.0. The first-order valence-electron chi connectivity index (χ1n) is 6.10. The monoisotopic (exact) mass is 331 g/mol. The van der Waals surface area contributed by atoms with Gasteiger partial charge in [0.05, 0.1) is 5.56 Å². The minimum absolute atomic E-state index is 0.0459. The summed E-state index contributed by atoms with van der Waals surface area (Å²) in [6.07, 6.45) is 0.891. The van der Waals surface area contributed by atoms with Crippen LogP contribution in [0.2, 0.25) is 0 Å². The second kappa shape index (κ2) is 6.37. The van der Waals surface area contributed by atoms with Crippen molar-refractivity contribution in [1.82, 2.24) is 5.32 Å². The molecule has 0 saturated carbocycles. The molecule has 106 valence electrons. The number of alkyl halides is 1. The predicted octanol–water partition coefficient (Wildman–Crippen LogP) is 3.46. The van der Waals surface area contributed by atoms with E-state index in [0.29, 0.717) is 6.54 Å². The van der Waals surface area contributed by atoms with E-state index in [1.807, 2.05) is 0 Å². The summed E-state index contributed by atoms with van der Waals surface area (Å²) in [5.41, 5.74) is 0.107. The molecule has 0 aliphatic carbocycles. The van der Waals surface area contributed by atoms with E-state index in [-0.39, 0.29) is 21.6 Å². The number of carbonyl (C=O) groups is 1. The first-order valence-corrected chi connectivity index (χ1v) is 7.01. The lowest BCUT2D eigenvalue weighted by molar-refractivity contribution is 0.0949. The number of benzene rings is 1. The van der Waals surface area contributed by atoms with E-state index in [0.717, 1.165) is 18.6 Å². The van der Waals surface area contributed by atoms with E-state index in [4.69, 9.17) is 0 Å². The maximum Gasteiger partial charge on any atom is 0.255 e. The van der Waals surface area contributed by atoms with E-state index in [1.165, 1.54) is 6.07 Å². The van der Waals surface area contributed by atoms with Gasteiger partial charge in [0.1, 0.15) is 11.6 Å². The molecule has 0 aliphatic heterocycles. The van der Waals surface area contributed by atoms with Crippen molar-refractivity contribution in [3.05, 3.63) is 29.6 Å². The maximum absolute atomic E-state index is 13.0. The smallest absolute Gasteiger partial charge is 0.255 e. The van der Waals surface area contributed by atoms with Crippen LogP contribution >= 0.6 is 15.9 Å². The lowest BCUT2D eigenvalue weighted by Gasteiger charge is -2.22. The highest BCUT2D eigenvalue weighted by atomic mass is 79.9. The number of phenols is 1. The third-order valence-corrected chi connectivity index (χ3v) is 3.17. The van der Waals surface area contributed by atoms with E-state index < -0.39 is 11.7 Å². The number of aromatic hydroxyl groups is 1. The van der Waals surface area contributed by atoms with Gasteiger partial charge in [0.25, 0.3) is 5.91 Å². The highest BCUT2D eigenvalue weighted by Gasteiger charge is 2.18. The molecule has 0 spiro atoms. The molecule has 2 N–H and O–H groups in total. The summed E-state index contributed by atoms with van der Waals surface area (Å²) in [5.74, 6) is -1.25. The fourth-order valence-electron chi connectivity index (χ4n) is 1.73. The fourth-order valence-corrected chi connectivity index (χ4v) is 2.86. The standard InChI is InChI=1S/C14H19BrFNO2/c1-14(2,3)7-9(15)8-17-13(19)11-6-10(16)4-5-12(11)18/h4-6,9,18H,7-8H2,1-3H3,(H,17,19). The van der Waals surface area contributed by atoms with Crippen LogP contribution in [0.5, 0.6) is 5.75 Å². The second-order valence-corrected chi connectivity index (χ2v) is 7.03. The summed E-state index contributed by atoms with van der Waals surface area (Å²) in [6.45, 7) is 6.76. The van der Waals surface area contributed by atoms with Crippen molar-refractivity contribution in [3.8, 4) is 5.75 Å². The van der Waals surface area contributed by atoms with E-state index >= 15 is 0 Å². The van der Waals surface area contributed by atoms with Crippen LogP contribution in [0.25, 0.3) is 0 Å². The van der Waals surface area contributed by atoms with E-state index in [9.17, 15) is 14.3 Å². The van der Waals surface area contributed by atoms with Gasteiger partial charge < -0.3 is 10.4 Å². The van der Waals surface area contributed by atoms with Gasteiger partial charge in [0.15, 0.2) is 0 Å². The molecule has 0 aromatic heterocycles. The molecule has 1 aromatic rings. The predicted molar refractivity (Wildman–Crippen MR) is 77.2 cm³/mol. The zero-order chi connectivity index (χ0) is 14.6. The van der Waals surface area contributed by atoms with Gasteiger partial charge in [-0.3, -0.25) is 4.79 Å². The number of phenolic OH excluding ortho intramolecular Hbond substituents is 1. The normalized spacial score (nSPS) is 13.1. The van der Waals surface area contributed by atoms with Crippen LogP contribution in [-0.4, -0.2) is 22.4 Å². The molecule has 0 aliphatic rings. The summed E-state index contributed by atoms with van der Waals surface area (Å²) < 4.78 is 13.0. The van der Waals surface area contributed by atoms with Crippen molar-refractivity contribution >= 4 is 21.8 Å². The number of rotatable bonds is 4. The Labute approximate surface area is 121 Å². The van der Waals surface area contributed by atoms with Gasteiger partial charge in [-0.25, -0.2) is 4.39 Å². The summed E-state index contributed by atoms with van der Waals surface area (Å²) in [7, 11) is 0. The average Bonchev–Trinajstić information content (AvgIpc) is 2.27. The summed E-state index contributed by atoms with van der Waals surface area (Å²) >= 11 is 3.50. The Hall–Kier alpha value is -1.10. The molecule has 1 amide bonds. The van der Waals surface area contributed by atoms with Gasteiger partial charge in [-0.1, -0.05) is 36.7 Å². The highest BCUT2D eigenvalue weighted by molar-refractivity contribution is 9.09. The molecule has 0 radical (unpaired) electrons. The Bertz CT molecular complexity index is 457. The molecule has 3 nitrogen and oxygen atoms in total. The SMILES string of the molecule is CC(C)(C)CC(Br)CNC(=O)c1cc(F)ccc1O. The minimum atomic E-state index is -0.548. The lowest BCUT2D eigenvalue weighted by atomic mass is 9.90. The average molecular weight is 332 g/mol. The van der Waals surface area contributed by atoms with Gasteiger partial charge in [0.2, 0.25) is 0 Å². The van der Waals surface area contributed by atoms with Crippen LogP contribution in [0.15, 0.2) is 18.2 Å². The van der Waals surface area contributed by atoms with Crippen LogP contribution in [0.1, 0.15) is 37.6 Å². The summed E-state index contributed by atoms with van der Waals surface area (Å²) in [5, 5.41) is 12.2. The van der Waals surface area contributed by atoms with Crippen molar-refractivity contribution in [1.29, 1.82) is 0 Å². The number of amides is 1. The molecule has 1 rings (SSSR count). The molecule has 19 heavy (non-hydrogen) atoms. The Balaban J connectivity index is 2.58. The second-order valence-electron chi connectivity index (χ2n) is 5.73. The molecule has 1 aromatic carbocycles. The minimum Gasteiger partial charge on any atom is -0.507 e. The molecular formula is C14H19BrFNO2. The van der Waals surface area contributed by atoms with Crippen LogP contribution in [0, 0.1) is 11.2 Å². The third-order valence-electron chi connectivity index (χ3n) is 2.52. The summed E-state index contributed by atoms with van der Waals surface area (Å²) in [6, 6.07) is 3.31. The zero-order valence-corrected chi connectivity index (χ0v) is 12.9. The first-order chi connectivity index (χ1) is 8.69. The van der Waals surface area contributed by atoms with Gasteiger partial charge in [-0.2, -0.15) is 0 Å². The van der Waals surface area contributed by atoms with Gasteiger partial charge >= 0.3 is 0 Å². The molecule has 0 heterocycles. The molecule has 1 atom stereocenters. The third kappa shape index (κ3) is 5.59. The van der Waals surface area contributed by atoms with Crippen LogP contribution in [0.4, 0.5) is 4.39 Å². The Morgan fingerprint density at radius 2 is 2.11 bits per heavy atom. The topological polar surface area (TPSA) is 49.3 Å². The number of carbonyl (C=O) groups excluding carboxylic acids is 1. The molecule has 5 heteroatoms. The summed E-state index contributed by atoms with van der Waals surface area (Å²) in [4.78, 5) is 12.0. The van der Waals surface area contributed by atoms with E-state index in [1.54, 1.807) is 0 Å². The van der Waals surface area contributed by atoms with Crippen molar-refractivity contribution in [2.75, 3.05) is 6.54 Å². The lowest BCUT2D eigenvalue weighted by Crippen LogP contribution is -2.31. The number of nitrogens with one attached hydrogen (secondary N) is 1. The zero-order valence-electron chi connectivity index (χ0n) is 11.3. The Morgan fingerprint density at radius 1 is 1.47 bits per heavy atom. The Morgan fingerprint density at radius 3 is 2.68 bits per heavy atom. The molecule has 1 unspecified atom stereocenters. The van der Waals surface area contributed by atoms with Gasteiger partial charge in [-0.15, -0.1) is 0 Å². The van der Waals surface area contributed by atoms with Gasteiger partial charge in [0, 0.05) is 11.4 Å². The van der Waals surface area contributed by atoms with E-state index in [2.05, 4.69) is 42.0 Å². The van der Waals surface area contributed by atoms with Gasteiger partial charge in [-0.05, 0) is 30.0 Å². The number of halogens is 2. The van der Waals surface area contributed by atoms with Crippen molar-refractivity contribution in [2.45, 2.75) is 32.0 Å².